The third-order valence-electron chi connectivity index (χ3n) is 5.58. The molecule has 0 saturated heterocycles. The quantitative estimate of drug-likeness (QED) is 0.0318. The third-order valence-corrected chi connectivity index (χ3v) is 5.58. The van der Waals surface area contributed by atoms with Crippen LogP contribution in [0.2, 0.25) is 0 Å². The molecule has 20 heteroatoms. The zero-order valence-electron chi connectivity index (χ0n) is 24.6. The maximum atomic E-state index is 12.9. The summed E-state index contributed by atoms with van der Waals surface area (Å²) in [6.07, 6.45) is 0.367. The normalized spacial score (nSPS) is 13.3. The summed E-state index contributed by atoms with van der Waals surface area (Å²) in [5.74, 6) is -6.53. The van der Waals surface area contributed by atoms with Crippen molar-refractivity contribution in [3.8, 4) is 0 Å². The Kier molecular flexibility index (Phi) is 19.0. The Bertz CT molecular complexity index is 1040. The maximum Gasteiger partial charge on any atom is 0.326 e. The molecule has 44 heavy (non-hydrogen) atoms. The van der Waals surface area contributed by atoms with Gasteiger partial charge in [0.15, 0.2) is 5.96 Å². The highest BCUT2D eigenvalue weighted by Gasteiger charge is 2.28. The summed E-state index contributed by atoms with van der Waals surface area (Å²) in [7, 11) is 0. The van der Waals surface area contributed by atoms with Crippen molar-refractivity contribution in [2.75, 3.05) is 39.4 Å². The van der Waals surface area contributed by atoms with E-state index < -0.39 is 98.4 Å². The monoisotopic (exact) mass is 632 g/mol. The number of amides is 6. The van der Waals surface area contributed by atoms with Crippen LogP contribution in [0.5, 0.6) is 0 Å². The number of carbonyl (C=O) groups is 7. The smallest absolute Gasteiger partial charge is 0.326 e. The van der Waals surface area contributed by atoms with E-state index in [1.165, 1.54) is 0 Å². The van der Waals surface area contributed by atoms with Crippen LogP contribution in [0, 0.1) is 5.92 Å². The number of nitrogens with one attached hydrogen (secondary N) is 6. The number of carbonyl (C=O) groups excluding carboxylic acids is 6. The standard InChI is InChI=1S/C24H44N10O10/c1-12(2)6-15(33-18(38)8-29-17(37)7-30-20(40)13(25)10-35)22(42)34-16(11-36)21(41)31-9-19(39)32-14(23(43)44)4-3-5-28-24(26)27/h12-16,35-36H,3-11,25H2,1-2H3,(H,29,37)(H,30,40)(H,31,41)(H,32,39)(H,33,38)(H,34,42)(H,43,44)(H4,26,27,28)/t13-,14-,15-,16-/m0/s1. The molecule has 0 rings (SSSR count). The summed E-state index contributed by atoms with van der Waals surface area (Å²) < 4.78 is 0. The van der Waals surface area contributed by atoms with E-state index >= 15 is 0 Å². The van der Waals surface area contributed by atoms with Gasteiger partial charge in [0.25, 0.3) is 0 Å². The fourth-order valence-electron chi connectivity index (χ4n) is 3.33. The molecule has 0 heterocycles. The van der Waals surface area contributed by atoms with Crippen molar-refractivity contribution < 1.29 is 48.9 Å². The SMILES string of the molecule is CC(C)C[C@H](NC(=O)CNC(=O)CNC(=O)[C@@H](N)CO)C(=O)N[C@@H](CO)C(=O)NCC(=O)N[C@@H](CCCN=C(N)N)C(=O)O. The summed E-state index contributed by atoms with van der Waals surface area (Å²) in [5.41, 5.74) is 15.7. The van der Waals surface area contributed by atoms with Gasteiger partial charge in [0.1, 0.15) is 24.2 Å². The number of rotatable bonds is 21. The number of hydrogen-bond acceptors (Lipinski definition) is 11. The Morgan fingerprint density at radius 1 is 0.705 bits per heavy atom. The minimum absolute atomic E-state index is 0.00363. The van der Waals surface area contributed by atoms with Crippen LogP contribution in [0.4, 0.5) is 0 Å². The van der Waals surface area contributed by atoms with Crippen LogP contribution in [0.1, 0.15) is 33.1 Å². The molecule has 0 bridgehead atoms. The Balaban J connectivity index is 4.96. The van der Waals surface area contributed by atoms with Gasteiger partial charge >= 0.3 is 5.97 Å². The van der Waals surface area contributed by atoms with Gasteiger partial charge in [0.2, 0.25) is 35.4 Å². The van der Waals surface area contributed by atoms with Crippen LogP contribution < -0.4 is 49.1 Å². The van der Waals surface area contributed by atoms with Crippen LogP contribution >= 0.6 is 0 Å². The van der Waals surface area contributed by atoms with E-state index in [1.54, 1.807) is 13.8 Å². The molecule has 0 saturated carbocycles. The fourth-order valence-corrected chi connectivity index (χ4v) is 3.33. The zero-order chi connectivity index (χ0) is 33.8. The van der Waals surface area contributed by atoms with Gasteiger partial charge in [-0.3, -0.25) is 33.8 Å². The number of guanidine groups is 1. The van der Waals surface area contributed by atoms with Crippen molar-refractivity contribution >= 4 is 47.4 Å². The lowest BCUT2D eigenvalue weighted by Crippen LogP contribution is -2.57. The second-order valence-corrected chi connectivity index (χ2v) is 9.90. The van der Waals surface area contributed by atoms with Gasteiger partial charge in [-0.05, 0) is 25.2 Å². The minimum atomic E-state index is -1.52. The summed E-state index contributed by atoms with van der Waals surface area (Å²) in [6.45, 7) is 0.421. The molecule has 250 valence electrons. The first-order valence-electron chi connectivity index (χ1n) is 13.6. The molecule has 20 nitrogen and oxygen atoms in total. The molecule has 15 N–H and O–H groups in total. The molecule has 0 aliphatic rings. The van der Waals surface area contributed by atoms with E-state index in [9.17, 15) is 43.8 Å². The van der Waals surface area contributed by atoms with E-state index in [0.717, 1.165) is 0 Å². The summed E-state index contributed by atoms with van der Waals surface area (Å²) in [5, 5.41) is 41.3. The van der Waals surface area contributed by atoms with Gasteiger partial charge in [-0.1, -0.05) is 13.8 Å². The maximum absolute atomic E-state index is 12.9. The molecule has 0 aromatic heterocycles. The highest BCUT2D eigenvalue weighted by atomic mass is 16.4. The second kappa shape index (κ2) is 21.2. The molecular formula is C24H44N10O10. The average molecular weight is 633 g/mol. The number of aliphatic hydroxyl groups is 2. The highest BCUT2D eigenvalue weighted by molar-refractivity contribution is 5.95. The number of aliphatic imine (C=N–C) groups is 1. The predicted octanol–water partition coefficient (Wildman–Crippen LogP) is -6.71. The second-order valence-electron chi connectivity index (χ2n) is 9.90. The van der Waals surface area contributed by atoms with Crippen LogP contribution in [0.25, 0.3) is 0 Å². The van der Waals surface area contributed by atoms with Gasteiger partial charge in [-0.2, -0.15) is 0 Å². The van der Waals surface area contributed by atoms with E-state index in [2.05, 4.69) is 36.9 Å². The van der Waals surface area contributed by atoms with Gasteiger partial charge in [-0.25, -0.2) is 4.79 Å². The van der Waals surface area contributed by atoms with E-state index in [-0.39, 0.29) is 37.7 Å². The van der Waals surface area contributed by atoms with Crippen LogP contribution in [-0.2, 0) is 33.6 Å². The molecular weight excluding hydrogens is 588 g/mol. The molecule has 0 aromatic rings. The molecule has 0 unspecified atom stereocenters. The van der Waals surface area contributed by atoms with Crippen LogP contribution in [-0.4, -0.2) is 126 Å². The Hall–Kier alpha value is -4.56. The fraction of sp³-hybridized carbons (Fsp3) is 0.667. The summed E-state index contributed by atoms with van der Waals surface area (Å²) in [4.78, 5) is 88.5. The Morgan fingerprint density at radius 3 is 1.77 bits per heavy atom. The van der Waals surface area contributed by atoms with Gasteiger partial charge < -0.3 is 64.4 Å². The number of aliphatic carboxylic acids is 1. The largest absolute Gasteiger partial charge is 0.480 e. The zero-order valence-corrected chi connectivity index (χ0v) is 24.6. The van der Waals surface area contributed by atoms with E-state index in [1.807, 2.05) is 0 Å². The number of carboxylic acid groups (broad SMARTS) is 1. The first-order valence-corrected chi connectivity index (χ1v) is 13.6. The minimum Gasteiger partial charge on any atom is -0.480 e. The number of hydrogen-bond donors (Lipinski definition) is 12. The molecule has 0 spiro atoms. The Labute approximate surface area is 253 Å². The summed E-state index contributed by atoms with van der Waals surface area (Å²) in [6, 6.07) is -5.20. The molecule has 6 amide bonds. The number of carboxylic acids is 1. The molecule has 0 radical (unpaired) electrons. The number of nitrogens with zero attached hydrogens (tertiary/aromatic N) is 1. The molecule has 0 aromatic carbocycles. The highest BCUT2D eigenvalue weighted by Crippen LogP contribution is 2.05. The lowest BCUT2D eigenvalue weighted by atomic mass is 10.0. The molecule has 0 aliphatic carbocycles. The first kappa shape index (κ1) is 39.4. The first-order chi connectivity index (χ1) is 20.6. The number of aliphatic hydroxyl groups excluding tert-OH is 2. The van der Waals surface area contributed by atoms with Gasteiger partial charge in [0.05, 0.1) is 32.8 Å². The van der Waals surface area contributed by atoms with Crippen molar-refractivity contribution in [3.05, 3.63) is 0 Å². The lowest BCUT2D eigenvalue weighted by molar-refractivity contribution is -0.142. The van der Waals surface area contributed by atoms with Crippen LogP contribution in [0.15, 0.2) is 4.99 Å². The van der Waals surface area contributed by atoms with Crippen molar-refractivity contribution in [3.63, 3.8) is 0 Å². The molecule has 0 aliphatic heterocycles. The number of nitrogens with two attached hydrogens (primary N) is 3. The van der Waals surface area contributed by atoms with Crippen molar-refractivity contribution in [2.24, 2.45) is 28.1 Å². The Morgan fingerprint density at radius 2 is 1.25 bits per heavy atom. The van der Waals surface area contributed by atoms with Gasteiger partial charge in [0, 0.05) is 6.54 Å². The van der Waals surface area contributed by atoms with E-state index in [0.29, 0.717) is 0 Å². The average Bonchev–Trinajstić information content (AvgIpc) is 2.96. The molecule has 4 atom stereocenters. The predicted molar refractivity (Wildman–Crippen MR) is 154 cm³/mol. The summed E-state index contributed by atoms with van der Waals surface area (Å²) >= 11 is 0. The third kappa shape index (κ3) is 17.4. The lowest BCUT2D eigenvalue weighted by Gasteiger charge is -2.23. The van der Waals surface area contributed by atoms with E-state index in [4.69, 9.17) is 22.3 Å². The van der Waals surface area contributed by atoms with Crippen molar-refractivity contribution in [1.82, 2.24) is 31.9 Å². The molecule has 0 fully saturated rings. The van der Waals surface area contributed by atoms with Crippen LogP contribution in [0.3, 0.4) is 0 Å². The van der Waals surface area contributed by atoms with Crippen molar-refractivity contribution in [1.29, 1.82) is 0 Å². The van der Waals surface area contributed by atoms with Crippen molar-refractivity contribution in [2.45, 2.75) is 57.3 Å². The van der Waals surface area contributed by atoms with Gasteiger partial charge in [-0.15, -0.1) is 0 Å². The topological polar surface area (TPSA) is 343 Å².